The number of hydrogen-bond acceptors (Lipinski definition) is 3. The van der Waals surface area contributed by atoms with Gasteiger partial charge >= 0.3 is 0 Å². The van der Waals surface area contributed by atoms with E-state index < -0.39 is 0 Å². The first-order valence-corrected chi connectivity index (χ1v) is 9.66. The van der Waals surface area contributed by atoms with Crippen LogP contribution in [-0.2, 0) is 11.8 Å². The average Bonchev–Trinajstić information content (AvgIpc) is 3.37. The van der Waals surface area contributed by atoms with Crippen molar-refractivity contribution >= 4 is 22.9 Å². The monoisotopic (exact) mass is 338 g/mol. The van der Waals surface area contributed by atoms with Gasteiger partial charge in [0, 0.05) is 51.0 Å². The second-order valence-corrected chi connectivity index (χ2v) is 8.11. The maximum absolute atomic E-state index is 12.7. The van der Waals surface area contributed by atoms with E-state index in [1.807, 2.05) is 6.07 Å². The minimum Gasteiger partial charge on any atom is -0.342 e. The van der Waals surface area contributed by atoms with Gasteiger partial charge in [-0.3, -0.25) is 4.79 Å². The van der Waals surface area contributed by atoms with Crippen molar-refractivity contribution in [2.45, 2.75) is 25.7 Å². The molecule has 2 unspecified atom stereocenters. The molecular formula is C20H26N4O. The summed E-state index contributed by atoms with van der Waals surface area (Å²) < 4.78 is 2.21. The molecule has 5 nitrogen and oxygen atoms in total. The molecule has 3 heterocycles. The Hall–Kier alpha value is -2.04. The highest BCUT2D eigenvalue weighted by molar-refractivity contribution is 5.80. The maximum atomic E-state index is 12.7. The Morgan fingerprint density at radius 3 is 2.40 bits per heavy atom. The number of benzene rings is 1. The number of carbonyl (C=O) groups is 1. The van der Waals surface area contributed by atoms with Crippen LogP contribution >= 0.6 is 0 Å². The number of fused-ring (bicyclic) bond motifs is 2. The molecule has 0 radical (unpaired) electrons. The van der Waals surface area contributed by atoms with Crippen molar-refractivity contribution in [1.29, 1.82) is 0 Å². The fraction of sp³-hybridized carbons (Fsp3) is 0.600. The van der Waals surface area contributed by atoms with Crippen molar-refractivity contribution in [3.8, 4) is 0 Å². The fourth-order valence-electron chi connectivity index (χ4n) is 5.18. The van der Waals surface area contributed by atoms with Gasteiger partial charge in [-0.05, 0) is 25.0 Å². The fourth-order valence-corrected chi connectivity index (χ4v) is 5.18. The summed E-state index contributed by atoms with van der Waals surface area (Å²) >= 11 is 0. The van der Waals surface area contributed by atoms with Gasteiger partial charge < -0.3 is 14.4 Å². The topological polar surface area (TPSA) is 41.4 Å². The van der Waals surface area contributed by atoms with Crippen LogP contribution in [0.3, 0.4) is 0 Å². The predicted octanol–water partition coefficient (Wildman–Crippen LogP) is 2.66. The van der Waals surface area contributed by atoms with Crippen molar-refractivity contribution < 1.29 is 4.79 Å². The van der Waals surface area contributed by atoms with Crippen LogP contribution in [0.25, 0.3) is 11.0 Å². The third kappa shape index (κ3) is 2.43. The Labute approximate surface area is 148 Å². The van der Waals surface area contributed by atoms with Crippen molar-refractivity contribution in [2.24, 2.45) is 24.8 Å². The molecule has 1 aromatic heterocycles. The standard InChI is InChI=1S/C20H26N4O/c1-22-18-9-5-4-8-17(18)21-20(22)24-12-15-10-23(11-16(15)13-24)19(25)14-6-2-3-7-14/h4-5,8-9,14-16H,2-3,6-7,10-13H2,1H3. The summed E-state index contributed by atoms with van der Waals surface area (Å²) in [6.07, 6.45) is 4.68. The zero-order chi connectivity index (χ0) is 17.0. The summed E-state index contributed by atoms with van der Waals surface area (Å²) in [7, 11) is 2.11. The summed E-state index contributed by atoms with van der Waals surface area (Å²) in [5, 5.41) is 0. The summed E-state index contributed by atoms with van der Waals surface area (Å²) in [5.74, 6) is 3.02. The molecule has 2 saturated heterocycles. The number of hydrogen-bond donors (Lipinski definition) is 0. The van der Waals surface area contributed by atoms with Gasteiger partial charge in [-0.2, -0.15) is 0 Å². The lowest BCUT2D eigenvalue weighted by Crippen LogP contribution is -2.36. The van der Waals surface area contributed by atoms with Gasteiger partial charge in [-0.1, -0.05) is 25.0 Å². The zero-order valence-corrected chi connectivity index (χ0v) is 14.9. The first-order valence-electron chi connectivity index (χ1n) is 9.66. The van der Waals surface area contributed by atoms with E-state index in [1.54, 1.807) is 0 Å². The molecule has 132 valence electrons. The van der Waals surface area contributed by atoms with Gasteiger partial charge in [-0.25, -0.2) is 4.98 Å². The molecule has 2 atom stereocenters. The minimum atomic E-state index is 0.315. The quantitative estimate of drug-likeness (QED) is 0.845. The van der Waals surface area contributed by atoms with Crippen molar-refractivity contribution in [2.75, 3.05) is 31.1 Å². The lowest BCUT2D eigenvalue weighted by atomic mass is 10.0. The molecule has 5 heteroatoms. The number of amides is 1. The van der Waals surface area contributed by atoms with Gasteiger partial charge in [0.05, 0.1) is 11.0 Å². The van der Waals surface area contributed by atoms with E-state index in [-0.39, 0.29) is 0 Å². The summed E-state index contributed by atoms with van der Waals surface area (Å²) in [6.45, 7) is 3.94. The molecular weight excluding hydrogens is 312 g/mol. The van der Waals surface area contributed by atoms with Crippen LogP contribution in [0.5, 0.6) is 0 Å². The number of anilines is 1. The first kappa shape index (κ1) is 15.2. The number of aromatic nitrogens is 2. The van der Waals surface area contributed by atoms with Gasteiger partial charge in [0.25, 0.3) is 0 Å². The molecule has 1 aliphatic carbocycles. The van der Waals surface area contributed by atoms with Gasteiger partial charge in [0.1, 0.15) is 0 Å². The number of nitrogens with zero attached hydrogens (tertiary/aromatic N) is 4. The molecule has 25 heavy (non-hydrogen) atoms. The van der Waals surface area contributed by atoms with Crippen LogP contribution in [0.4, 0.5) is 5.95 Å². The number of carbonyl (C=O) groups excluding carboxylic acids is 1. The number of para-hydroxylation sites is 2. The summed E-state index contributed by atoms with van der Waals surface area (Å²) in [6, 6.07) is 8.33. The number of aryl methyl sites for hydroxylation is 1. The van der Waals surface area contributed by atoms with E-state index in [0.717, 1.165) is 50.5 Å². The molecule has 1 aromatic carbocycles. The largest absolute Gasteiger partial charge is 0.342 e. The SMILES string of the molecule is Cn1c(N2CC3CN(C(=O)C4CCCC4)CC3C2)nc2ccccc21. The average molecular weight is 338 g/mol. The molecule has 0 spiro atoms. The van der Waals surface area contributed by atoms with Crippen LogP contribution in [0, 0.1) is 17.8 Å². The van der Waals surface area contributed by atoms with Gasteiger partial charge in [0.2, 0.25) is 11.9 Å². The Kier molecular flexibility index (Phi) is 3.50. The predicted molar refractivity (Wildman–Crippen MR) is 98.4 cm³/mol. The summed E-state index contributed by atoms with van der Waals surface area (Å²) in [5.41, 5.74) is 2.25. The van der Waals surface area contributed by atoms with E-state index in [2.05, 4.69) is 39.6 Å². The van der Waals surface area contributed by atoms with E-state index >= 15 is 0 Å². The van der Waals surface area contributed by atoms with E-state index in [4.69, 9.17) is 4.98 Å². The molecule has 1 amide bonds. The highest BCUT2D eigenvalue weighted by Crippen LogP contribution is 2.36. The first-order chi connectivity index (χ1) is 12.2. The maximum Gasteiger partial charge on any atom is 0.225 e. The smallest absolute Gasteiger partial charge is 0.225 e. The number of rotatable bonds is 2. The molecule has 0 N–H and O–H groups in total. The third-order valence-corrected chi connectivity index (χ3v) is 6.55. The second-order valence-electron chi connectivity index (χ2n) is 8.11. The molecule has 1 saturated carbocycles. The van der Waals surface area contributed by atoms with Gasteiger partial charge in [0.15, 0.2) is 0 Å². The van der Waals surface area contributed by atoms with E-state index in [0.29, 0.717) is 23.7 Å². The van der Waals surface area contributed by atoms with Crippen LogP contribution in [0.2, 0.25) is 0 Å². The lowest BCUT2D eigenvalue weighted by molar-refractivity contribution is -0.134. The van der Waals surface area contributed by atoms with Gasteiger partial charge in [-0.15, -0.1) is 0 Å². The van der Waals surface area contributed by atoms with Crippen LogP contribution in [0.1, 0.15) is 25.7 Å². The number of likely N-dealkylation sites (tertiary alicyclic amines) is 1. The van der Waals surface area contributed by atoms with Crippen LogP contribution in [-0.4, -0.2) is 46.5 Å². The van der Waals surface area contributed by atoms with E-state index in [9.17, 15) is 4.79 Å². The molecule has 3 aliphatic rings. The van der Waals surface area contributed by atoms with Crippen LogP contribution in [0.15, 0.2) is 24.3 Å². The normalized spacial score (nSPS) is 26.8. The molecule has 2 aliphatic heterocycles. The Balaban J connectivity index is 1.30. The lowest BCUT2D eigenvalue weighted by Gasteiger charge is -2.24. The van der Waals surface area contributed by atoms with Crippen molar-refractivity contribution in [3.63, 3.8) is 0 Å². The second kappa shape index (κ2) is 5.75. The van der Waals surface area contributed by atoms with Crippen LogP contribution < -0.4 is 4.90 Å². The van der Waals surface area contributed by atoms with E-state index in [1.165, 1.54) is 18.4 Å². The minimum absolute atomic E-state index is 0.315. The zero-order valence-electron chi connectivity index (χ0n) is 14.9. The Morgan fingerprint density at radius 1 is 1.04 bits per heavy atom. The molecule has 5 rings (SSSR count). The number of imidazole rings is 1. The summed E-state index contributed by atoms with van der Waals surface area (Å²) in [4.78, 5) is 22.1. The molecule has 0 bridgehead atoms. The highest BCUT2D eigenvalue weighted by Gasteiger charge is 2.43. The molecule has 3 fully saturated rings. The Bertz CT molecular complexity index is 793. The highest BCUT2D eigenvalue weighted by atomic mass is 16.2. The van der Waals surface area contributed by atoms with Crippen molar-refractivity contribution in [3.05, 3.63) is 24.3 Å². The molecule has 2 aromatic rings. The third-order valence-electron chi connectivity index (χ3n) is 6.55. The van der Waals surface area contributed by atoms with Crippen molar-refractivity contribution in [1.82, 2.24) is 14.5 Å². The Morgan fingerprint density at radius 2 is 1.72 bits per heavy atom.